The van der Waals surface area contributed by atoms with Crippen LogP contribution in [-0.4, -0.2) is 29.1 Å². The van der Waals surface area contributed by atoms with Crippen LogP contribution in [-0.2, 0) is 0 Å². The SMILES string of the molecule is NCCNc1cc(C(=O)O)ccc1[N+](=O)[O-]. The lowest BCUT2D eigenvalue weighted by molar-refractivity contribution is -0.384. The van der Waals surface area contributed by atoms with Gasteiger partial charge >= 0.3 is 5.97 Å². The zero-order valence-electron chi connectivity index (χ0n) is 8.34. The maximum absolute atomic E-state index is 10.7. The van der Waals surface area contributed by atoms with E-state index in [2.05, 4.69) is 5.32 Å². The number of anilines is 1. The van der Waals surface area contributed by atoms with Crippen LogP contribution in [0.5, 0.6) is 0 Å². The molecule has 0 aliphatic rings. The molecule has 0 radical (unpaired) electrons. The Hall–Kier alpha value is -2.15. The van der Waals surface area contributed by atoms with Crippen molar-refractivity contribution >= 4 is 17.3 Å². The van der Waals surface area contributed by atoms with E-state index in [9.17, 15) is 14.9 Å². The van der Waals surface area contributed by atoms with Crippen LogP contribution in [0.25, 0.3) is 0 Å². The molecule has 1 aromatic carbocycles. The molecule has 0 heterocycles. The molecule has 7 heteroatoms. The van der Waals surface area contributed by atoms with E-state index >= 15 is 0 Å². The van der Waals surface area contributed by atoms with Crippen molar-refractivity contribution in [3.8, 4) is 0 Å². The van der Waals surface area contributed by atoms with Gasteiger partial charge in [-0.25, -0.2) is 4.79 Å². The van der Waals surface area contributed by atoms with E-state index in [1.54, 1.807) is 0 Å². The largest absolute Gasteiger partial charge is 0.478 e. The summed E-state index contributed by atoms with van der Waals surface area (Å²) in [5.74, 6) is -1.13. The van der Waals surface area contributed by atoms with E-state index in [-0.39, 0.29) is 16.9 Å². The van der Waals surface area contributed by atoms with Crippen molar-refractivity contribution in [2.45, 2.75) is 0 Å². The monoisotopic (exact) mass is 225 g/mol. The number of rotatable bonds is 5. The smallest absolute Gasteiger partial charge is 0.335 e. The summed E-state index contributed by atoms with van der Waals surface area (Å²) in [5, 5.41) is 22.1. The Morgan fingerprint density at radius 2 is 2.25 bits per heavy atom. The normalized spacial score (nSPS) is 9.81. The van der Waals surface area contributed by atoms with Gasteiger partial charge < -0.3 is 16.2 Å². The molecular formula is C9H11N3O4. The number of aromatic carboxylic acids is 1. The molecule has 7 nitrogen and oxygen atoms in total. The van der Waals surface area contributed by atoms with Crippen molar-refractivity contribution in [1.82, 2.24) is 0 Å². The van der Waals surface area contributed by atoms with Crippen LogP contribution in [0.1, 0.15) is 10.4 Å². The van der Waals surface area contributed by atoms with Crippen molar-refractivity contribution in [3.63, 3.8) is 0 Å². The molecule has 4 N–H and O–H groups in total. The first-order chi connectivity index (χ1) is 7.56. The van der Waals surface area contributed by atoms with Gasteiger partial charge in [0.25, 0.3) is 5.69 Å². The zero-order valence-corrected chi connectivity index (χ0v) is 8.34. The van der Waals surface area contributed by atoms with Crippen molar-refractivity contribution < 1.29 is 14.8 Å². The fraction of sp³-hybridized carbons (Fsp3) is 0.222. The highest BCUT2D eigenvalue weighted by Gasteiger charge is 2.15. The summed E-state index contributed by atoms with van der Waals surface area (Å²) in [7, 11) is 0. The van der Waals surface area contributed by atoms with Crippen LogP contribution in [0.2, 0.25) is 0 Å². The molecule has 86 valence electrons. The van der Waals surface area contributed by atoms with Crippen LogP contribution in [0.15, 0.2) is 18.2 Å². The van der Waals surface area contributed by atoms with Crippen molar-refractivity contribution in [1.29, 1.82) is 0 Å². The summed E-state index contributed by atoms with van der Waals surface area (Å²) >= 11 is 0. The number of carboxylic acid groups (broad SMARTS) is 1. The number of carbonyl (C=O) groups is 1. The lowest BCUT2D eigenvalue weighted by Crippen LogP contribution is -2.14. The maximum Gasteiger partial charge on any atom is 0.335 e. The van der Waals surface area contributed by atoms with E-state index in [1.807, 2.05) is 0 Å². The third-order valence-electron chi connectivity index (χ3n) is 1.90. The van der Waals surface area contributed by atoms with Gasteiger partial charge in [-0.2, -0.15) is 0 Å². The second-order valence-electron chi connectivity index (χ2n) is 3.01. The number of hydrogen-bond donors (Lipinski definition) is 3. The molecule has 0 saturated carbocycles. The number of nitrogens with zero attached hydrogens (tertiary/aromatic N) is 1. The molecular weight excluding hydrogens is 214 g/mol. The Kier molecular flexibility index (Phi) is 3.78. The first-order valence-corrected chi connectivity index (χ1v) is 4.52. The minimum atomic E-state index is -1.13. The predicted molar refractivity (Wildman–Crippen MR) is 57.6 cm³/mol. The van der Waals surface area contributed by atoms with Gasteiger partial charge in [-0.05, 0) is 12.1 Å². The van der Waals surface area contributed by atoms with Crippen LogP contribution in [0.3, 0.4) is 0 Å². The number of nitro groups is 1. The summed E-state index contributed by atoms with van der Waals surface area (Å²) in [6, 6.07) is 3.56. The highest BCUT2D eigenvalue weighted by atomic mass is 16.6. The Morgan fingerprint density at radius 1 is 1.56 bits per heavy atom. The summed E-state index contributed by atoms with van der Waals surface area (Å²) in [6.07, 6.45) is 0. The van der Waals surface area contributed by atoms with Crippen molar-refractivity contribution in [2.24, 2.45) is 5.73 Å². The van der Waals surface area contributed by atoms with E-state index in [0.29, 0.717) is 13.1 Å². The van der Waals surface area contributed by atoms with Gasteiger partial charge in [0.2, 0.25) is 0 Å². The topological polar surface area (TPSA) is 118 Å². The molecule has 1 rings (SSSR count). The number of carboxylic acids is 1. The van der Waals surface area contributed by atoms with Crippen LogP contribution < -0.4 is 11.1 Å². The standard InChI is InChI=1S/C9H11N3O4/c10-3-4-11-7-5-6(9(13)14)1-2-8(7)12(15)16/h1-2,5,11H,3-4,10H2,(H,13,14). The molecule has 0 fully saturated rings. The second-order valence-corrected chi connectivity index (χ2v) is 3.01. The fourth-order valence-electron chi connectivity index (χ4n) is 1.18. The van der Waals surface area contributed by atoms with Crippen LogP contribution in [0, 0.1) is 10.1 Å². The molecule has 0 saturated heterocycles. The Labute approximate surface area is 91.0 Å². The molecule has 0 aromatic heterocycles. The van der Waals surface area contributed by atoms with Crippen LogP contribution in [0.4, 0.5) is 11.4 Å². The Morgan fingerprint density at radius 3 is 2.75 bits per heavy atom. The quantitative estimate of drug-likeness (QED) is 0.500. The summed E-state index contributed by atoms with van der Waals surface area (Å²) in [4.78, 5) is 20.8. The number of nitro benzene ring substituents is 1. The summed E-state index contributed by atoms with van der Waals surface area (Å²) in [5.41, 5.74) is 5.24. The number of hydrogen-bond acceptors (Lipinski definition) is 5. The van der Waals surface area contributed by atoms with E-state index in [4.69, 9.17) is 10.8 Å². The van der Waals surface area contributed by atoms with Gasteiger partial charge in [-0.3, -0.25) is 10.1 Å². The minimum Gasteiger partial charge on any atom is -0.478 e. The van der Waals surface area contributed by atoms with Gasteiger partial charge in [0, 0.05) is 19.2 Å². The van der Waals surface area contributed by atoms with E-state index in [1.165, 1.54) is 12.1 Å². The molecule has 1 aromatic rings. The van der Waals surface area contributed by atoms with Crippen molar-refractivity contribution in [2.75, 3.05) is 18.4 Å². The average molecular weight is 225 g/mol. The zero-order chi connectivity index (χ0) is 12.1. The first-order valence-electron chi connectivity index (χ1n) is 4.52. The minimum absolute atomic E-state index is 0.00915. The molecule has 0 aliphatic carbocycles. The van der Waals surface area contributed by atoms with E-state index in [0.717, 1.165) is 6.07 Å². The van der Waals surface area contributed by atoms with Gasteiger partial charge in [0.15, 0.2) is 0 Å². The fourth-order valence-corrected chi connectivity index (χ4v) is 1.18. The highest BCUT2D eigenvalue weighted by molar-refractivity contribution is 5.90. The molecule has 0 bridgehead atoms. The molecule has 0 amide bonds. The van der Waals surface area contributed by atoms with Gasteiger partial charge in [-0.1, -0.05) is 0 Å². The van der Waals surface area contributed by atoms with Crippen LogP contribution >= 0.6 is 0 Å². The maximum atomic E-state index is 10.7. The van der Waals surface area contributed by atoms with Gasteiger partial charge in [0.1, 0.15) is 5.69 Å². The first kappa shape index (κ1) is 11.9. The lowest BCUT2D eigenvalue weighted by atomic mass is 10.1. The molecule has 16 heavy (non-hydrogen) atoms. The predicted octanol–water partition coefficient (Wildman–Crippen LogP) is 0.664. The number of benzene rings is 1. The highest BCUT2D eigenvalue weighted by Crippen LogP contribution is 2.25. The second kappa shape index (κ2) is 5.08. The van der Waals surface area contributed by atoms with Crippen molar-refractivity contribution in [3.05, 3.63) is 33.9 Å². The third kappa shape index (κ3) is 2.67. The Balaban J connectivity index is 3.10. The molecule has 0 spiro atoms. The summed E-state index contributed by atoms with van der Waals surface area (Å²) in [6.45, 7) is 0.637. The van der Waals surface area contributed by atoms with Gasteiger partial charge in [0.05, 0.1) is 10.5 Å². The molecule has 0 aliphatic heterocycles. The third-order valence-corrected chi connectivity index (χ3v) is 1.90. The van der Waals surface area contributed by atoms with Gasteiger partial charge in [-0.15, -0.1) is 0 Å². The van der Waals surface area contributed by atoms with E-state index < -0.39 is 10.9 Å². The number of nitrogens with one attached hydrogen (secondary N) is 1. The lowest BCUT2D eigenvalue weighted by Gasteiger charge is -2.06. The molecule has 0 atom stereocenters. The molecule has 0 unspecified atom stereocenters. The number of nitrogens with two attached hydrogens (primary N) is 1. The average Bonchev–Trinajstić information content (AvgIpc) is 2.25. The Bertz CT molecular complexity index is 419. The summed E-state index contributed by atoms with van der Waals surface area (Å²) < 4.78 is 0.